The van der Waals surface area contributed by atoms with Crippen molar-refractivity contribution in [3.8, 4) is 17.0 Å². The topological polar surface area (TPSA) is 118 Å². The number of nitrogens with zero attached hydrogens (tertiary/aromatic N) is 5. The number of hydrogen-bond acceptors (Lipinski definition) is 9. The molecule has 0 atom stereocenters. The molecule has 9 heteroatoms. The van der Waals surface area contributed by atoms with Crippen LogP contribution in [0.2, 0.25) is 0 Å². The number of carbonyl (C=O) groups is 1. The van der Waals surface area contributed by atoms with Crippen LogP contribution < -0.4 is 15.5 Å². The fourth-order valence-corrected chi connectivity index (χ4v) is 3.69. The van der Waals surface area contributed by atoms with E-state index in [9.17, 15) is 9.90 Å². The molecule has 9 nitrogen and oxygen atoms in total. The lowest BCUT2D eigenvalue weighted by Crippen LogP contribution is -2.47. The van der Waals surface area contributed by atoms with Crippen LogP contribution in [0.3, 0.4) is 0 Å². The van der Waals surface area contributed by atoms with Crippen molar-refractivity contribution in [3.63, 3.8) is 0 Å². The smallest absolute Gasteiger partial charge is 0.357 e. The molecule has 1 saturated heterocycles. The molecule has 33 heavy (non-hydrogen) atoms. The minimum absolute atomic E-state index is 0.142. The molecule has 2 aromatic heterocycles. The van der Waals surface area contributed by atoms with Crippen LogP contribution in [-0.4, -0.2) is 58.0 Å². The van der Waals surface area contributed by atoms with Crippen molar-refractivity contribution in [3.05, 3.63) is 54.2 Å². The number of esters is 1. The summed E-state index contributed by atoms with van der Waals surface area (Å²) in [6.07, 6.45) is 0. The fourth-order valence-electron chi connectivity index (χ4n) is 3.69. The first-order chi connectivity index (χ1) is 15.7. The van der Waals surface area contributed by atoms with E-state index in [-0.39, 0.29) is 5.75 Å². The van der Waals surface area contributed by atoms with Gasteiger partial charge in [-0.15, -0.1) is 10.2 Å². The van der Waals surface area contributed by atoms with Crippen molar-refractivity contribution in [2.75, 3.05) is 41.7 Å². The number of rotatable bonds is 4. The minimum atomic E-state index is -0.575. The largest absolute Gasteiger partial charge is 0.507 e. The van der Waals surface area contributed by atoms with Crippen LogP contribution in [0, 0.1) is 0 Å². The normalized spacial score (nSPS) is 14.3. The maximum atomic E-state index is 12.4. The van der Waals surface area contributed by atoms with Gasteiger partial charge in [-0.05, 0) is 51.1 Å². The summed E-state index contributed by atoms with van der Waals surface area (Å²) in [6.45, 7) is 8.26. The lowest BCUT2D eigenvalue weighted by molar-refractivity contribution is 0.00629. The van der Waals surface area contributed by atoms with Crippen molar-refractivity contribution in [2.24, 2.45) is 0 Å². The Bertz CT molecular complexity index is 1150. The molecular weight excluding hydrogens is 420 g/mol. The third-order valence-electron chi connectivity index (χ3n) is 5.27. The highest BCUT2D eigenvalue weighted by atomic mass is 16.6. The van der Waals surface area contributed by atoms with E-state index in [1.165, 1.54) is 0 Å². The Morgan fingerprint density at radius 1 is 1.00 bits per heavy atom. The van der Waals surface area contributed by atoms with Gasteiger partial charge in [-0.1, -0.05) is 18.2 Å². The Kier molecular flexibility index (Phi) is 6.04. The molecule has 0 bridgehead atoms. The third kappa shape index (κ3) is 5.14. The van der Waals surface area contributed by atoms with Crippen LogP contribution in [0.5, 0.6) is 5.75 Å². The zero-order valence-corrected chi connectivity index (χ0v) is 19.0. The summed E-state index contributed by atoms with van der Waals surface area (Å²) >= 11 is 0. The molecule has 1 aliphatic rings. The summed E-state index contributed by atoms with van der Waals surface area (Å²) in [4.78, 5) is 21.2. The molecule has 0 amide bonds. The summed E-state index contributed by atoms with van der Waals surface area (Å²) in [6, 6.07) is 14.2. The van der Waals surface area contributed by atoms with Crippen LogP contribution in [0.15, 0.2) is 48.5 Å². The van der Waals surface area contributed by atoms with Gasteiger partial charge >= 0.3 is 5.97 Å². The average Bonchev–Trinajstić information content (AvgIpc) is 2.79. The number of carbonyl (C=O) groups excluding carboxylic acids is 1. The third-order valence-corrected chi connectivity index (χ3v) is 5.27. The monoisotopic (exact) mass is 448 g/mol. The Morgan fingerprint density at radius 3 is 2.39 bits per heavy atom. The molecule has 0 aliphatic carbocycles. The van der Waals surface area contributed by atoms with E-state index in [0.29, 0.717) is 48.9 Å². The highest BCUT2D eigenvalue weighted by Gasteiger charge is 2.23. The fraction of sp³-hybridized carbons (Fsp3) is 0.333. The first kappa shape index (κ1) is 22.3. The van der Waals surface area contributed by atoms with E-state index in [0.717, 1.165) is 11.5 Å². The van der Waals surface area contributed by atoms with Crippen molar-refractivity contribution >= 4 is 23.3 Å². The summed E-state index contributed by atoms with van der Waals surface area (Å²) in [5.74, 6) is 0.778. The zero-order valence-electron chi connectivity index (χ0n) is 19.0. The van der Waals surface area contributed by atoms with Crippen molar-refractivity contribution in [2.45, 2.75) is 26.4 Å². The number of benzene rings is 1. The first-order valence-electron chi connectivity index (χ1n) is 10.8. The predicted molar refractivity (Wildman–Crippen MR) is 127 cm³/mol. The van der Waals surface area contributed by atoms with Gasteiger partial charge < -0.3 is 25.4 Å². The Balaban J connectivity index is 1.48. The molecule has 0 unspecified atom stereocenters. The van der Waals surface area contributed by atoms with Crippen LogP contribution in [0.25, 0.3) is 11.3 Å². The number of para-hydroxylation sites is 1. The van der Waals surface area contributed by atoms with Crippen LogP contribution >= 0.6 is 0 Å². The number of ether oxygens (including phenoxy) is 1. The van der Waals surface area contributed by atoms with Gasteiger partial charge in [0.2, 0.25) is 0 Å². The van der Waals surface area contributed by atoms with E-state index < -0.39 is 11.6 Å². The van der Waals surface area contributed by atoms with Crippen molar-refractivity contribution in [1.82, 2.24) is 15.2 Å². The molecule has 3 aromatic rings. The molecule has 0 radical (unpaired) electrons. The lowest BCUT2D eigenvalue weighted by Gasteiger charge is -2.37. The molecule has 1 fully saturated rings. The van der Waals surface area contributed by atoms with Crippen molar-refractivity contribution in [1.29, 1.82) is 0 Å². The van der Waals surface area contributed by atoms with E-state index in [4.69, 9.17) is 10.5 Å². The highest BCUT2D eigenvalue weighted by molar-refractivity contribution is 5.88. The molecule has 1 aromatic carbocycles. The lowest BCUT2D eigenvalue weighted by atomic mass is 10.1. The van der Waals surface area contributed by atoms with Gasteiger partial charge in [0.1, 0.15) is 17.2 Å². The summed E-state index contributed by atoms with van der Waals surface area (Å²) < 4.78 is 5.44. The highest BCUT2D eigenvalue weighted by Crippen LogP contribution is 2.32. The van der Waals surface area contributed by atoms with Gasteiger partial charge in [0.15, 0.2) is 11.5 Å². The number of piperazine rings is 1. The van der Waals surface area contributed by atoms with Gasteiger partial charge in [-0.2, -0.15) is 0 Å². The molecule has 1 aliphatic heterocycles. The number of aromatic hydroxyl groups is 1. The second kappa shape index (κ2) is 8.93. The number of hydrogen-bond donors (Lipinski definition) is 2. The minimum Gasteiger partial charge on any atom is -0.507 e. The summed E-state index contributed by atoms with van der Waals surface area (Å²) in [5.41, 5.74) is 7.79. The number of nitrogens with two attached hydrogens (primary N) is 1. The number of anilines is 3. The van der Waals surface area contributed by atoms with E-state index >= 15 is 0 Å². The van der Waals surface area contributed by atoms with Crippen molar-refractivity contribution < 1.29 is 14.6 Å². The van der Waals surface area contributed by atoms with Crippen LogP contribution in [0.4, 0.5) is 17.3 Å². The van der Waals surface area contributed by atoms with Crippen LogP contribution in [-0.2, 0) is 4.74 Å². The van der Waals surface area contributed by atoms with E-state index in [1.807, 2.05) is 45.0 Å². The van der Waals surface area contributed by atoms with Gasteiger partial charge in [0.25, 0.3) is 0 Å². The molecule has 4 rings (SSSR count). The summed E-state index contributed by atoms with van der Waals surface area (Å²) in [7, 11) is 0. The second-order valence-corrected chi connectivity index (χ2v) is 8.87. The maximum absolute atomic E-state index is 12.4. The van der Waals surface area contributed by atoms with Gasteiger partial charge in [-0.25, -0.2) is 9.78 Å². The first-order valence-corrected chi connectivity index (χ1v) is 10.8. The standard InChI is InChI=1S/C24H28N6O3/c1-24(2,3)33-23(32)17-8-6-10-21(26-17)30-13-11-29(12-14-30)19-15-18(27-28-22(19)25)16-7-4-5-9-20(16)31/h4-10,15,31H,11-14H2,1-3H3,(H2,25,28). The number of phenolic OH excluding ortho intramolecular Hbond substituents is 1. The Morgan fingerprint density at radius 2 is 1.70 bits per heavy atom. The number of pyridine rings is 1. The quantitative estimate of drug-likeness (QED) is 0.580. The SMILES string of the molecule is CC(C)(C)OC(=O)c1cccc(N2CCN(c3cc(-c4ccccc4O)nnc3N)CC2)n1. The molecule has 172 valence electrons. The number of phenols is 1. The molecule has 0 saturated carbocycles. The molecule has 3 heterocycles. The zero-order chi connectivity index (χ0) is 23.6. The number of nitrogen functional groups attached to an aromatic ring is 1. The predicted octanol–water partition coefficient (Wildman–Crippen LogP) is 3.11. The van der Waals surface area contributed by atoms with E-state index in [2.05, 4.69) is 25.0 Å². The molecule has 3 N–H and O–H groups in total. The summed E-state index contributed by atoms with van der Waals surface area (Å²) in [5, 5.41) is 18.4. The Hall–Kier alpha value is -3.88. The average molecular weight is 449 g/mol. The van der Waals surface area contributed by atoms with E-state index in [1.54, 1.807) is 24.3 Å². The van der Waals surface area contributed by atoms with Gasteiger partial charge in [0.05, 0.1) is 11.4 Å². The Labute approximate surface area is 192 Å². The number of aromatic nitrogens is 3. The second-order valence-electron chi connectivity index (χ2n) is 8.87. The molecular formula is C24H28N6O3. The van der Waals surface area contributed by atoms with Gasteiger partial charge in [0, 0.05) is 31.7 Å². The molecule has 0 spiro atoms. The van der Waals surface area contributed by atoms with Gasteiger partial charge in [-0.3, -0.25) is 0 Å². The van der Waals surface area contributed by atoms with Crippen LogP contribution in [0.1, 0.15) is 31.3 Å². The maximum Gasteiger partial charge on any atom is 0.357 e.